The Morgan fingerprint density at radius 2 is 1.93 bits per heavy atom. The van der Waals surface area contributed by atoms with Gasteiger partial charge in [0, 0.05) is 31.8 Å². The van der Waals surface area contributed by atoms with Gasteiger partial charge in [-0.2, -0.15) is 0 Å². The van der Waals surface area contributed by atoms with Crippen molar-refractivity contribution in [1.82, 2.24) is 9.80 Å². The van der Waals surface area contributed by atoms with Gasteiger partial charge in [0.15, 0.2) is 0 Å². The lowest BCUT2D eigenvalue weighted by Gasteiger charge is -2.42. The second-order valence-electron chi connectivity index (χ2n) is 9.70. The van der Waals surface area contributed by atoms with E-state index >= 15 is 0 Å². The number of carbonyl (C=O) groups excluding carboxylic acids is 1. The SMILES string of the molecule is CC(C)CN1C(=O)C2(CCN(C3CCOCC3)CC2)CC1Cc1cccc(F)c1. The number of likely N-dealkylation sites (tertiary alicyclic amines) is 2. The van der Waals surface area contributed by atoms with E-state index in [4.69, 9.17) is 4.74 Å². The molecule has 3 aliphatic rings. The topological polar surface area (TPSA) is 32.8 Å². The summed E-state index contributed by atoms with van der Waals surface area (Å²) in [5, 5.41) is 0. The molecule has 4 nitrogen and oxygen atoms in total. The van der Waals surface area contributed by atoms with Crippen molar-refractivity contribution in [3.8, 4) is 0 Å². The van der Waals surface area contributed by atoms with Gasteiger partial charge >= 0.3 is 0 Å². The minimum absolute atomic E-state index is 0.182. The molecule has 1 amide bonds. The zero-order valence-electron chi connectivity index (χ0n) is 17.9. The zero-order chi connectivity index (χ0) is 20.4. The fourth-order valence-corrected chi connectivity index (χ4v) is 5.65. The Labute approximate surface area is 174 Å². The molecule has 1 aromatic carbocycles. The summed E-state index contributed by atoms with van der Waals surface area (Å²) in [6.07, 6.45) is 5.80. The van der Waals surface area contributed by atoms with Crippen LogP contribution in [0.1, 0.15) is 51.5 Å². The molecule has 1 aromatic rings. The van der Waals surface area contributed by atoms with Crippen molar-refractivity contribution < 1.29 is 13.9 Å². The first kappa shape index (κ1) is 20.8. The monoisotopic (exact) mass is 402 g/mol. The first-order chi connectivity index (χ1) is 14.0. The van der Waals surface area contributed by atoms with Crippen LogP contribution in [0.5, 0.6) is 0 Å². The van der Waals surface area contributed by atoms with Crippen molar-refractivity contribution >= 4 is 5.91 Å². The molecule has 0 aliphatic carbocycles. The highest BCUT2D eigenvalue weighted by Crippen LogP contribution is 2.46. The Hall–Kier alpha value is -1.46. The van der Waals surface area contributed by atoms with E-state index in [1.165, 1.54) is 6.07 Å². The van der Waals surface area contributed by atoms with Gasteiger partial charge < -0.3 is 14.5 Å². The smallest absolute Gasteiger partial charge is 0.229 e. The van der Waals surface area contributed by atoms with Crippen LogP contribution in [0.3, 0.4) is 0 Å². The maximum Gasteiger partial charge on any atom is 0.229 e. The second-order valence-corrected chi connectivity index (χ2v) is 9.70. The normalized spacial score (nSPS) is 26.0. The maximum atomic E-state index is 13.7. The lowest BCUT2D eigenvalue weighted by atomic mass is 9.75. The van der Waals surface area contributed by atoms with Crippen molar-refractivity contribution in [2.45, 2.75) is 64.5 Å². The van der Waals surface area contributed by atoms with Gasteiger partial charge in [-0.25, -0.2) is 4.39 Å². The Morgan fingerprint density at radius 1 is 1.21 bits per heavy atom. The van der Waals surface area contributed by atoms with Gasteiger partial charge in [-0.1, -0.05) is 26.0 Å². The van der Waals surface area contributed by atoms with E-state index in [9.17, 15) is 9.18 Å². The molecule has 29 heavy (non-hydrogen) atoms. The second kappa shape index (κ2) is 8.73. The average molecular weight is 403 g/mol. The average Bonchev–Trinajstić information content (AvgIpc) is 2.94. The summed E-state index contributed by atoms with van der Waals surface area (Å²) in [4.78, 5) is 18.3. The molecule has 3 aliphatic heterocycles. The van der Waals surface area contributed by atoms with Crippen LogP contribution in [0, 0.1) is 17.2 Å². The molecule has 0 aromatic heterocycles. The number of hydrogen-bond acceptors (Lipinski definition) is 3. The van der Waals surface area contributed by atoms with Crippen molar-refractivity contribution in [2.24, 2.45) is 11.3 Å². The molecule has 0 N–H and O–H groups in total. The number of ether oxygens (including phenoxy) is 1. The number of nitrogens with zero attached hydrogens (tertiary/aromatic N) is 2. The number of halogens is 1. The number of piperidine rings is 1. The van der Waals surface area contributed by atoms with Gasteiger partial charge in [0.2, 0.25) is 5.91 Å². The molecular formula is C24H35FN2O2. The molecular weight excluding hydrogens is 367 g/mol. The van der Waals surface area contributed by atoms with Crippen LogP contribution in [0.4, 0.5) is 4.39 Å². The Balaban J connectivity index is 1.47. The van der Waals surface area contributed by atoms with Gasteiger partial charge in [0.1, 0.15) is 5.82 Å². The third kappa shape index (κ3) is 4.51. The van der Waals surface area contributed by atoms with Gasteiger partial charge in [-0.15, -0.1) is 0 Å². The van der Waals surface area contributed by atoms with Crippen LogP contribution in [-0.4, -0.2) is 60.6 Å². The first-order valence-electron chi connectivity index (χ1n) is 11.3. The summed E-state index contributed by atoms with van der Waals surface area (Å²) in [7, 11) is 0. The van der Waals surface area contributed by atoms with Crippen molar-refractivity contribution in [2.75, 3.05) is 32.8 Å². The van der Waals surface area contributed by atoms with Crippen molar-refractivity contribution in [3.63, 3.8) is 0 Å². The van der Waals surface area contributed by atoms with Crippen LogP contribution < -0.4 is 0 Å². The molecule has 0 bridgehead atoms. The molecule has 4 rings (SSSR count). The van der Waals surface area contributed by atoms with E-state index in [2.05, 4.69) is 23.6 Å². The molecule has 160 valence electrons. The molecule has 0 saturated carbocycles. The Bertz CT molecular complexity index is 709. The molecule has 1 atom stereocenters. The van der Waals surface area contributed by atoms with Crippen LogP contribution in [0.2, 0.25) is 0 Å². The van der Waals surface area contributed by atoms with Gasteiger partial charge in [0.05, 0.1) is 5.41 Å². The number of hydrogen-bond donors (Lipinski definition) is 0. The lowest BCUT2D eigenvalue weighted by Crippen LogP contribution is -2.49. The third-order valence-corrected chi connectivity index (χ3v) is 7.17. The molecule has 3 heterocycles. The largest absolute Gasteiger partial charge is 0.381 e. The van der Waals surface area contributed by atoms with Crippen LogP contribution in [0.25, 0.3) is 0 Å². The molecule has 0 radical (unpaired) electrons. The predicted molar refractivity (Wildman–Crippen MR) is 112 cm³/mol. The number of benzene rings is 1. The highest BCUT2D eigenvalue weighted by molar-refractivity contribution is 5.85. The molecule has 5 heteroatoms. The van der Waals surface area contributed by atoms with E-state index in [1.807, 2.05) is 6.07 Å². The van der Waals surface area contributed by atoms with E-state index in [0.717, 1.165) is 76.9 Å². The standard InChI is InChI=1S/C24H35FN2O2/c1-18(2)17-27-22(15-19-4-3-5-20(25)14-19)16-24(23(27)28)8-10-26(11-9-24)21-6-12-29-13-7-21/h3-5,14,18,21-22H,6-13,15-17H2,1-2H3. The zero-order valence-corrected chi connectivity index (χ0v) is 17.9. The Morgan fingerprint density at radius 3 is 2.59 bits per heavy atom. The number of amides is 1. The minimum Gasteiger partial charge on any atom is -0.381 e. The van der Waals surface area contributed by atoms with E-state index in [1.54, 1.807) is 12.1 Å². The van der Waals surface area contributed by atoms with Crippen LogP contribution in [0.15, 0.2) is 24.3 Å². The maximum absolute atomic E-state index is 13.7. The summed E-state index contributed by atoms with van der Waals surface area (Å²) >= 11 is 0. The first-order valence-corrected chi connectivity index (χ1v) is 11.3. The molecule has 1 spiro atoms. The van der Waals surface area contributed by atoms with E-state index < -0.39 is 0 Å². The number of carbonyl (C=O) groups is 1. The summed E-state index contributed by atoms with van der Waals surface area (Å²) in [5.74, 6) is 0.590. The summed E-state index contributed by atoms with van der Waals surface area (Å²) in [6.45, 7) is 8.89. The summed E-state index contributed by atoms with van der Waals surface area (Å²) in [6, 6.07) is 7.67. The van der Waals surface area contributed by atoms with Crippen LogP contribution >= 0.6 is 0 Å². The van der Waals surface area contributed by atoms with Gasteiger partial charge in [-0.3, -0.25) is 4.79 Å². The van der Waals surface area contributed by atoms with Gasteiger partial charge in [-0.05, 0) is 75.2 Å². The Kier molecular flexibility index (Phi) is 6.26. The highest BCUT2D eigenvalue weighted by atomic mass is 19.1. The fraction of sp³-hybridized carbons (Fsp3) is 0.708. The summed E-state index contributed by atoms with van der Waals surface area (Å²) < 4.78 is 19.2. The third-order valence-electron chi connectivity index (χ3n) is 7.17. The number of rotatable bonds is 5. The van der Waals surface area contributed by atoms with E-state index in [-0.39, 0.29) is 17.3 Å². The fourth-order valence-electron chi connectivity index (χ4n) is 5.65. The van der Waals surface area contributed by atoms with E-state index in [0.29, 0.717) is 17.9 Å². The molecule has 3 fully saturated rings. The lowest BCUT2D eigenvalue weighted by molar-refractivity contribution is -0.140. The van der Waals surface area contributed by atoms with Crippen molar-refractivity contribution in [1.29, 1.82) is 0 Å². The summed E-state index contributed by atoms with van der Waals surface area (Å²) in [5.41, 5.74) is 0.780. The quantitative estimate of drug-likeness (QED) is 0.749. The van der Waals surface area contributed by atoms with Gasteiger partial charge in [0.25, 0.3) is 0 Å². The molecule has 1 unspecified atom stereocenters. The van der Waals surface area contributed by atoms with Crippen molar-refractivity contribution in [3.05, 3.63) is 35.6 Å². The predicted octanol–water partition coefficient (Wildman–Crippen LogP) is 3.89. The minimum atomic E-state index is -0.214. The molecule has 3 saturated heterocycles. The van der Waals surface area contributed by atoms with Crippen LogP contribution in [-0.2, 0) is 16.0 Å². The highest BCUT2D eigenvalue weighted by Gasteiger charge is 2.52.